The van der Waals surface area contributed by atoms with Gasteiger partial charge in [-0.3, -0.25) is 0 Å². The Morgan fingerprint density at radius 1 is 1.06 bits per heavy atom. The third kappa shape index (κ3) is 2.30. The minimum absolute atomic E-state index is 0.683. The molecular formula is C15H27N. The zero-order valence-corrected chi connectivity index (χ0v) is 10.8. The summed E-state index contributed by atoms with van der Waals surface area (Å²) in [5.74, 6) is 2.12. The molecule has 0 aromatic carbocycles. The van der Waals surface area contributed by atoms with E-state index in [1.807, 2.05) is 0 Å². The van der Waals surface area contributed by atoms with Crippen LogP contribution in [0.3, 0.4) is 0 Å². The van der Waals surface area contributed by atoms with Crippen LogP contribution in [-0.4, -0.2) is 12.6 Å². The summed E-state index contributed by atoms with van der Waals surface area (Å²) in [4.78, 5) is 0. The van der Waals surface area contributed by atoms with Gasteiger partial charge in [-0.15, -0.1) is 0 Å². The monoisotopic (exact) mass is 221 g/mol. The Bertz CT molecular complexity index is 222. The number of hydrogen-bond donors (Lipinski definition) is 1. The summed E-state index contributed by atoms with van der Waals surface area (Å²) in [7, 11) is 0. The van der Waals surface area contributed by atoms with Gasteiger partial charge in [-0.1, -0.05) is 19.8 Å². The SMILES string of the molecule is CCC1(CNC(C2CC2)C2CC2)CCCC1. The molecule has 0 spiro atoms. The predicted octanol–water partition coefficient (Wildman–Crippen LogP) is 3.74. The summed E-state index contributed by atoms with van der Waals surface area (Å²) in [6.07, 6.45) is 13.3. The fourth-order valence-electron chi connectivity index (χ4n) is 3.74. The summed E-state index contributed by atoms with van der Waals surface area (Å²) in [6, 6.07) is 0.907. The lowest BCUT2D eigenvalue weighted by molar-refractivity contribution is 0.242. The molecule has 1 heteroatoms. The normalized spacial score (nSPS) is 28.9. The molecule has 3 aliphatic carbocycles. The molecule has 0 unspecified atom stereocenters. The Balaban J connectivity index is 1.53. The second-order valence-corrected chi connectivity index (χ2v) is 6.64. The zero-order chi connectivity index (χ0) is 11.0. The van der Waals surface area contributed by atoms with Gasteiger partial charge < -0.3 is 5.32 Å². The molecule has 0 aliphatic heterocycles. The van der Waals surface area contributed by atoms with Gasteiger partial charge in [0.1, 0.15) is 0 Å². The lowest BCUT2D eigenvalue weighted by Gasteiger charge is -2.31. The van der Waals surface area contributed by atoms with Crippen molar-refractivity contribution in [2.45, 2.75) is 70.8 Å². The van der Waals surface area contributed by atoms with E-state index in [9.17, 15) is 0 Å². The highest BCUT2D eigenvalue weighted by Gasteiger charge is 2.42. The van der Waals surface area contributed by atoms with E-state index >= 15 is 0 Å². The maximum absolute atomic E-state index is 3.98. The third-order valence-electron chi connectivity index (χ3n) is 5.39. The minimum Gasteiger partial charge on any atom is -0.313 e. The Morgan fingerprint density at radius 2 is 1.62 bits per heavy atom. The van der Waals surface area contributed by atoms with Crippen LogP contribution >= 0.6 is 0 Å². The molecule has 3 rings (SSSR count). The van der Waals surface area contributed by atoms with Crippen LogP contribution in [-0.2, 0) is 0 Å². The molecule has 92 valence electrons. The summed E-state index contributed by atoms with van der Waals surface area (Å²) in [5.41, 5.74) is 0.683. The number of hydrogen-bond acceptors (Lipinski definition) is 1. The molecule has 1 N–H and O–H groups in total. The Labute approximate surface area is 100 Å². The van der Waals surface area contributed by atoms with E-state index in [2.05, 4.69) is 12.2 Å². The van der Waals surface area contributed by atoms with Gasteiger partial charge in [0.2, 0.25) is 0 Å². The van der Waals surface area contributed by atoms with Crippen LogP contribution in [0, 0.1) is 17.3 Å². The smallest absolute Gasteiger partial charge is 0.0124 e. The summed E-state index contributed by atoms with van der Waals surface area (Å²) < 4.78 is 0. The van der Waals surface area contributed by atoms with Gasteiger partial charge in [0.25, 0.3) is 0 Å². The average Bonchev–Trinajstić information content (AvgIpc) is 3.21. The van der Waals surface area contributed by atoms with Crippen LogP contribution in [0.2, 0.25) is 0 Å². The van der Waals surface area contributed by atoms with Crippen molar-refractivity contribution in [1.82, 2.24) is 5.32 Å². The van der Waals surface area contributed by atoms with E-state index in [-0.39, 0.29) is 0 Å². The maximum atomic E-state index is 3.98. The molecule has 0 saturated heterocycles. The van der Waals surface area contributed by atoms with Crippen molar-refractivity contribution in [2.75, 3.05) is 6.54 Å². The van der Waals surface area contributed by atoms with E-state index in [0.717, 1.165) is 17.9 Å². The molecular weight excluding hydrogens is 194 g/mol. The Kier molecular flexibility index (Phi) is 2.99. The lowest BCUT2D eigenvalue weighted by Crippen LogP contribution is -2.40. The first-order valence-corrected chi connectivity index (χ1v) is 7.56. The third-order valence-corrected chi connectivity index (χ3v) is 5.39. The first kappa shape index (κ1) is 11.1. The summed E-state index contributed by atoms with van der Waals surface area (Å²) >= 11 is 0. The van der Waals surface area contributed by atoms with E-state index in [0.29, 0.717) is 5.41 Å². The van der Waals surface area contributed by atoms with E-state index in [1.165, 1.54) is 64.3 Å². The molecule has 3 fully saturated rings. The second-order valence-electron chi connectivity index (χ2n) is 6.64. The van der Waals surface area contributed by atoms with Crippen molar-refractivity contribution in [2.24, 2.45) is 17.3 Å². The van der Waals surface area contributed by atoms with Gasteiger partial charge in [0.15, 0.2) is 0 Å². The van der Waals surface area contributed by atoms with Crippen molar-refractivity contribution in [3.8, 4) is 0 Å². The van der Waals surface area contributed by atoms with Gasteiger partial charge in [-0.25, -0.2) is 0 Å². The molecule has 0 aromatic heterocycles. The molecule has 0 heterocycles. The fraction of sp³-hybridized carbons (Fsp3) is 1.00. The minimum atomic E-state index is 0.683. The van der Waals surface area contributed by atoms with Crippen molar-refractivity contribution in [1.29, 1.82) is 0 Å². The van der Waals surface area contributed by atoms with Gasteiger partial charge in [-0.2, -0.15) is 0 Å². The van der Waals surface area contributed by atoms with Crippen LogP contribution in [0.1, 0.15) is 64.7 Å². The Hall–Kier alpha value is -0.0400. The van der Waals surface area contributed by atoms with Crippen LogP contribution in [0.15, 0.2) is 0 Å². The van der Waals surface area contributed by atoms with Gasteiger partial charge in [0, 0.05) is 12.6 Å². The summed E-state index contributed by atoms with van der Waals surface area (Å²) in [5, 5.41) is 3.98. The first-order chi connectivity index (χ1) is 7.83. The zero-order valence-electron chi connectivity index (χ0n) is 10.8. The fourth-order valence-corrected chi connectivity index (χ4v) is 3.74. The second kappa shape index (κ2) is 4.33. The highest BCUT2D eigenvalue weighted by molar-refractivity contribution is 4.98. The van der Waals surface area contributed by atoms with Crippen LogP contribution in [0.4, 0.5) is 0 Å². The van der Waals surface area contributed by atoms with Crippen molar-refractivity contribution < 1.29 is 0 Å². The molecule has 0 atom stereocenters. The topological polar surface area (TPSA) is 12.0 Å². The standard InChI is InChI=1S/C15H27N/c1-2-15(9-3-4-10-15)11-16-14(12-5-6-12)13-7-8-13/h12-14,16H,2-11H2,1H3. The Morgan fingerprint density at radius 3 is 2.06 bits per heavy atom. The molecule has 1 nitrogen and oxygen atoms in total. The van der Waals surface area contributed by atoms with Gasteiger partial charge >= 0.3 is 0 Å². The first-order valence-electron chi connectivity index (χ1n) is 7.56. The van der Waals surface area contributed by atoms with E-state index < -0.39 is 0 Å². The molecule has 3 saturated carbocycles. The van der Waals surface area contributed by atoms with Crippen LogP contribution in [0.25, 0.3) is 0 Å². The molecule has 16 heavy (non-hydrogen) atoms. The summed E-state index contributed by atoms with van der Waals surface area (Å²) in [6.45, 7) is 3.72. The molecule has 0 radical (unpaired) electrons. The highest BCUT2D eigenvalue weighted by Crippen LogP contribution is 2.46. The van der Waals surface area contributed by atoms with E-state index in [1.54, 1.807) is 0 Å². The van der Waals surface area contributed by atoms with Crippen molar-refractivity contribution in [3.05, 3.63) is 0 Å². The number of rotatable bonds is 6. The molecule has 0 amide bonds. The molecule has 3 aliphatic rings. The van der Waals surface area contributed by atoms with Gasteiger partial charge in [0.05, 0.1) is 0 Å². The maximum Gasteiger partial charge on any atom is 0.0124 e. The number of nitrogens with one attached hydrogen (secondary N) is 1. The average molecular weight is 221 g/mol. The lowest BCUT2D eigenvalue weighted by atomic mass is 9.83. The van der Waals surface area contributed by atoms with E-state index in [4.69, 9.17) is 0 Å². The highest BCUT2D eigenvalue weighted by atomic mass is 15.0. The predicted molar refractivity (Wildman–Crippen MR) is 68.4 cm³/mol. The largest absolute Gasteiger partial charge is 0.313 e. The molecule has 0 aromatic rings. The van der Waals surface area contributed by atoms with Crippen LogP contribution in [0.5, 0.6) is 0 Å². The quantitative estimate of drug-likeness (QED) is 0.720. The van der Waals surface area contributed by atoms with Crippen molar-refractivity contribution in [3.63, 3.8) is 0 Å². The van der Waals surface area contributed by atoms with Crippen LogP contribution < -0.4 is 5.32 Å². The van der Waals surface area contributed by atoms with Crippen molar-refractivity contribution >= 4 is 0 Å². The molecule has 0 bridgehead atoms. The van der Waals surface area contributed by atoms with Gasteiger partial charge in [-0.05, 0) is 62.2 Å².